The van der Waals surface area contributed by atoms with Gasteiger partial charge in [0.1, 0.15) is 6.29 Å². The summed E-state index contributed by atoms with van der Waals surface area (Å²) in [5.41, 5.74) is -1.06. The molecular weight excluding hydrogens is 352 g/mol. The first-order chi connectivity index (χ1) is 13.0. The fourth-order valence-corrected chi connectivity index (χ4v) is 4.14. The maximum atomic E-state index is 12.8. The number of aldehydes is 1. The molecule has 1 aromatic carbocycles. The van der Waals surface area contributed by atoms with Gasteiger partial charge in [-0.1, -0.05) is 30.3 Å². The summed E-state index contributed by atoms with van der Waals surface area (Å²) in [6.45, 7) is 1.89. The van der Waals surface area contributed by atoms with Gasteiger partial charge in [0.25, 0.3) is 0 Å². The van der Waals surface area contributed by atoms with Gasteiger partial charge < -0.3 is 19.0 Å². The van der Waals surface area contributed by atoms with E-state index < -0.39 is 41.1 Å². The van der Waals surface area contributed by atoms with E-state index in [1.807, 2.05) is 0 Å². The molecule has 0 heterocycles. The Kier molecular flexibility index (Phi) is 6.71. The zero-order chi connectivity index (χ0) is 20.0. The van der Waals surface area contributed by atoms with Gasteiger partial charge in [-0.25, -0.2) is 0 Å². The van der Waals surface area contributed by atoms with Crippen molar-refractivity contribution >= 4 is 24.2 Å². The molecule has 3 atom stereocenters. The van der Waals surface area contributed by atoms with Crippen LogP contribution in [-0.2, 0) is 33.4 Å². The Morgan fingerprint density at radius 1 is 1.11 bits per heavy atom. The van der Waals surface area contributed by atoms with Crippen molar-refractivity contribution in [2.75, 3.05) is 20.8 Å². The zero-order valence-corrected chi connectivity index (χ0v) is 15.7. The van der Waals surface area contributed by atoms with Crippen LogP contribution in [0.15, 0.2) is 30.3 Å². The number of carbonyl (C=O) groups excluding carboxylic acids is 4. The minimum absolute atomic E-state index is 0.0336. The van der Waals surface area contributed by atoms with Crippen LogP contribution in [0.3, 0.4) is 0 Å². The molecule has 0 unspecified atom stereocenters. The maximum absolute atomic E-state index is 12.8. The minimum Gasteiger partial charge on any atom is -0.468 e. The van der Waals surface area contributed by atoms with Gasteiger partial charge in [0, 0.05) is 18.3 Å². The summed E-state index contributed by atoms with van der Waals surface area (Å²) >= 11 is 0. The van der Waals surface area contributed by atoms with Crippen LogP contribution in [0.2, 0.25) is 0 Å². The number of hydrogen-bond donors (Lipinski definition) is 0. The van der Waals surface area contributed by atoms with E-state index in [1.165, 1.54) is 14.2 Å². The van der Waals surface area contributed by atoms with E-state index in [0.717, 1.165) is 0 Å². The maximum Gasteiger partial charge on any atom is 0.323 e. The van der Waals surface area contributed by atoms with Gasteiger partial charge in [-0.15, -0.1) is 0 Å². The average molecular weight is 376 g/mol. The molecule has 0 amide bonds. The normalized spacial score (nSPS) is 23.3. The number of ether oxygens (including phenoxy) is 3. The summed E-state index contributed by atoms with van der Waals surface area (Å²) in [4.78, 5) is 49.6. The predicted octanol–water partition coefficient (Wildman–Crippen LogP) is 1.89. The van der Waals surface area contributed by atoms with Crippen molar-refractivity contribution < 1.29 is 33.4 Å². The lowest BCUT2D eigenvalue weighted by atomic mass is 9.71. The summed E-state index contributed by atoms with van der Waals surface area (Å²) in [6, 6.07) is 8.80. The minimum atomic E-state index is -1.70. The third-order valence-electron chi connectivity index (χ3n) is 5.19. The molecule has 1 saturated carbocycles. The van der Waals surface area contributed by atoms with Crippen LogP contribution in [0.1, 0.15) is 31.2 Å². The average Bonchev–Trinajstić information content (AvgIpc) is 3.02. The Labute approximate surface area is 158 Å². The van der Waals surface area contributed by atoms with Crippen LogP contribution in [0.4, 0.5) is 0 Å². The van der Waals surface area contributed by atoms with Gasteiger partial charge in [0.2, 0.25) is 0 Å². The van der Waals surface area contributed by atoms with E-state index in [2.05, 4.69) is 0 Å². The van der Waals surface area contributed by atoms with Crippen LogP contribution in [0.25, 0.3) is 0 Å². The third-order valence-corrected chi connectivity index (χ3v) is 5.19. The molecule has 0 aliphatic heterocycles. The zero-order valence-electron chi connectivity index (χ0n) is 15.7. The van der Waals surface area contributed by atoms with Crippen molar-refractivity contribution in [1.29, 1.82) is 0 Å². The molecule has 0 saturated heterocycles. The molecule has 7 nitrogen and oxygen atoms in total. The van der Waals surface area contributed by atoms with Crippen LogP contribution in [0, 0.1) is 17.3 Å². The number of rotatable bonds is 7. The van der Waals surface area contributed by atoms with E-state index in [0.29, 0.717) is 11.8 Å². The summed E-state index contributed by atoms with van der Waals surface area (Å²) in [5, 5.41) is 0. The highest BCUT2D eigenvalue weighted by atomic mass is 16.5. The van der Waals surface area contributed by atoms with E-state index in [4.69, 9.17) is 14.2 Å². The molecule has 0 bridgehead atoms. The van der Waals surface area contributed by atoms with Crippen molar-refractivity contribution in [3.8, 4) is 0 Å². The Morgan fingerprint density at radius 2 is 1.70 bits per heavy atom. The third kappa shape index (κ3) is 3.72. The first-order valence-corrected chi connectivity index (χ1v) is 8.78. The van der Waals surface area contributed by atoms with Crippen molar-refractivity contribution in [2.24, 2.45) is 17.3 Å². The van der Waals surface area contributed by atoms with Crippen LogP contribution < -0.4 is 0 Å². The monoisotopic (exact) mass is 376 g/mol. The molecule has 7 heteroatoms. The van der Waals surface area contributed by atoms with Crippen molar-refractivity contribution in [3.05, 3.63) is 35.9 Å². The molecule has 1 aliphatic rings. The quantitative estimate of drug-likeness (QED) is 0.310. The van der Waals surface area contributed by atoms with Crippen molar-refractivity contribution in [1.82, 2.24) is 0 Å². The molecule has 146 valence electrons. The van der Waals surface area contributed by atoms with Crippen molar-refractivity contribution in [2.45, 2.75) is 25.7 Å². The highest BCUT2D eigenvalue weighted by Crippen LogP contribution is 2.57. The molecule has 27 heavy (non-hydrogen) atoms. The smallest absolute Gasteiger partial charge is 0.323 e. The molecule has 2 rings (SSSR count). The Balaban J connectivity index is 2.59. The molecule has 1 aromatic rings. The summed E-state index contributed by atoms with van der Waals surface area (Å²) in [7, 11) is 2.37. The van der Waals surface area contributed by atoms with Gasteiger partial charge in [-0.3, -0.25) is 14.4 Å². The van der Waals surface area contributed by atoms with Crippen LogP contribution >= 0.6 is 0 Å². The highest BCUT2D eigenvalue weighted by Gasteiger charge is 2.64. The van der Waals surface area contributed by atoms with E-state index >= 15 is 0 Å². The first kappa shape index (κ1) is 20.6. The second-order valence-corrected chi connectivity index (χ2v) is 6.53. The number of hydrogen-bond acceptors (Lipinski definition) is 7. The predicted molar refractivity (Wildman–Crippen MR) is 94.6 cm³/mol. The van der Waals surface area contributed by atoms with Gasteiger partial charge in [0.15, 0.2) is 5.41 Å². The molecule has 0 radical (unpaired) electrons. The van der Waals surface area contributed by atoms with Gasteiger partial charge in [-0.2, -0.15) is 0 Å². The summed E-state index contributed by atoms with van der Waals surface area (Å²) in [5.74, 6) is -4.12. The molecule has 0 N–H and O–H groups in total. The number of methoxy groups -OCH3 is 2. The standard InChI is InChI=1S/C20H24O7/c1-4-27-16(22)10-14-11-20(18(23)25-2,19(24)26-3)17(15(14)12-21)13-8-6-5-7-9-13/h5-9,12,14-15,17H,4,10-11H2,1-3H3/t14-,15+,17-/m1/s1. The number of esters is 3. The molecule has 0 aromatic heterocycles. The molecule has 1 fully saturated rings. The SMILES string of the molecule is CCOC(=O)C[C@@H]1CC(C(=O)OC)(C(=O)OC)[C@H](c2ccccc2)[C@H]1C=O. The Bertz CT molecular complexity index is 682. The van der Waals surface area contributed by atoms with E-state index in [-0.39, 0.29) is 19.4 Å². The fraction of sp³-hybridized carbons (Fsp3) is 0.500. The molecule has 1 aliphatic carbocycles. The second kappa shape index (κ2) is 8.79. The lowest BCUT2D eigenvalue weighted by Gasteiger charge is -2.31. The second-order valence-electron chi connectivity index (χ2n) is 6.53. The number of carbonyl (C=O) groups is 4. The Morgan fingerprint density at radius 3 is 2.19 bits per heavy atom. The van der Waals surface area contributed by atoms with E-state index in [1.54, 1.807) is 37.3 Å². The lowest BCUT2D eigenvalue weighted by Crippen LogP contribution is -2.44. The van der Waals surface area contributed by atoms with Gasteiger partial charge in [-0.05, 0) is 24.8 Å². The van der Waals surface area contributed by atoms with Crippen LogP contribution in [0.5, 0.6) is 0 Å². The topological polar surface area (TPSA) is 96.0 Å². The fourth-order valence-electron chi connectivity index (χ4n) is 4.14. The van der Waals surface area contributed by atoms with Gasteiger partial charge >= 0.3 is 17.9 Å². The highest BCUT2D eigenvalue weighted by molar-refractivity contribution is 6.02. The Hall–Kier alpha value is -2.70. The van der Waals surface area contributed by atoms with Crippen molar-refractivity contribution in [3.63, 3.8) is 0 Å². The lowest BCUT2D eigenvalue weighted by molar-refractivity contribution is -0.170. The van der Waals surface area contributed by atoms with E-state index in [9.17, 15) is 19.2 Å². The molecule has 0 spiro atoms. The van der Waals surface area contributed by atoms with Crippen LogP contribution in [-0.4, -0.2) is 45.0 Å². The number of benzene rings is 1. The molecular formula is C20H24O7. The summed E-state index contributed by atoms with van der Waals surface area (Å²) in [6.07, 6.45) is 0.597. The largest absolute Gasteiger partial charge is 0.468 e. The summed E-state index contributed by atoms with van der Waals surface area (Å²) < 4.78 is 14.9. The van der Waals surface area contributed by atoms with Gasteiger partial charge in [0.05, 0.1) is 20.8 Å². The first-order valence-electron chi connectivity index (χ1n) is 8.78.